The Bertz CT molecular complexity index is 827. The van der Waals surface area contributed by atoms with Crippen LogP contribution in [0.5, 0.6) is 0 Å². The van der Waals surface area contributed by atoms with Crippen molar-refractivity contribution in [1.82, 2.24) is 0 Å². The van der Waals surface area contributed by atoms with Crippen LogP contribution in [0.4, 0.5) is 5.69 Å². The fraction of sp³-hybridized carbons (Fsp3) is 0.0588. The lowest BCUT2D eigenvalue weighted by molar-refractivity contribution is 0.682. The molecule has 0 aliphatic rings. The van der Waals surface area contributed by atoms with Crippen LogP contribution in [-0.4, -0.2) is 4.21 Å². The van der Waals surface area contributed by atoms with Crippen molar-refractivity contribution in [3.05, 3.63) is 70.7 Å². The molecule has 2 nitrogen and oxygen atoms in total. The number of benzene rings is 3. The van der Waals surface area contributed by atoms with E-state index >= 15 is 0 Å². The number of rotatable bonds is 3. The van der Waals surface area contributed by atoms with Crippen molar-refractivity contribution in [2.24, 2.45) is 0 Å². The van der Waals surface area contributed by atoms with E-state index in [1.807, 2.05) is 30.3 Å². The van der Waals surface area contributed by atoms with Crippen LogP contribution in [0, 0.1) is 0 Å². The Kier molecular flexibility index (Phi) is 4.08. The molecular formula is C17H14BrNOS. The summed E-state index contributed by atoms with van der Waals surface area (Å²) in [5, 5.41) is 2.32. The topological polar surface area (TPSA) is 43.1 Å². The van der Waals surface area contributed by atoms with Crippen molar-refractivity contribution in [1.29, 1.82) is 0 Å². The summed E-state index contributed by atoms with van der Waals surface area (Å²) in [6.45, 7) is 0. The van der Waals surface area contributed by atoms with Gasteiger partial charge >= 0.3 is 0 Å². The summed E-state index contributed by atoms with van der Waals surface area (Å²) in [7, 11) is -1.11. The maximum absolute atomic E-state index is 12.6. The van der Waals surface area contributed by atoms with E-state index in [9.17, 15) is 4.21 Å². The molecule has 1 unspecified atom stereocenters. The molecule has 0 heterocycles. The first-order chi connectivity index (χ1) is 10.1. The van der Waals surface area contributed by atoms with E-state index in [1.54, 1.807) is 12.1 Å². The van der Waals surface area contributed by atoms with Crippen LogP contribution in [0.2, 0.25) is 0 Å². The molecule has 0 radical (unpaired) electrons. The molecule has 1 atom stereocenters. The number of hydrogen-bond donors (Lipinski definition) is 1. The van der Waals surface area contributed by atoms with Gasteiger partial charge in [0.15, 0.2) is 0 Å². The Morgan fingerprint density at radius 2 is 1.76 bits per heavy atom. The average Bonchev–Trinajstić information content (AvgIpc) is 2.47. The predicted molar refractivity (Wildman–Crippen MR) is 92.6 cm³/mol. The third-order valence-corrected chi connectivity index (χ3v) is 5.71. The van der Waals surface area contributed by atoms with Crippen molar-refractivity contribution in [3.8, 4) is 0 Å². The molecule has 0 saturated carbocycles. The van der Waals surface area contributed by atoms with Crippen molar-refractivity contribution in [3.63, 3.8) is 0 Å². The number of nitrogens with two attached hydrogens (primary N) is 1. The highest BCUT2D eigenvalue weighted by molar-refractivity contribution is 9.10. The predicted octanol–water partition coefficient (Wildman–Crippen LogP) is 4.49. The third kappa shape index (κ3) is 3.01. The van der Waals surface area contributed by atoms with Crippen LogP contribution < -0.4 is 5.73 Å². The zero-order valence-corrected chi connectivity index (χ0v) is 13.7. The third-order valence-electron chi connectivity index (χ3n) is 3.37. The zero-order chi connectivity index (χ0) is 14.8. The molecule has 0 amide bonds. The van der Waals surface area contributed by atoms with Crippen LogP contribution in [0.1, 0.15) is 5.56 Å². The van der Waals surface area contributed by atoms with Crippen LogP contribution >= 0.6 is 15.9 Å². The molecule has 21 heavy (non-hydrogen) atoms. The molecular weight excluding hydrogens is 346 g/mol. The lowest BCUT2D eigenvalue weighted by atomic mass is 10.1. The van der Waals surface area contributed by atoms with Crippen LogP contribution in [-0.2, 0) is 16.6 Å². The number of hydrogen-bond acceptors (Lipinski definition) is 2. The molecule has 3 aromatic rings. The minimum atomic E-state index is -1.11. The van der Waals surface area contributed by atoms with Gasteiger partial charge < -0.3 is 5.73 Å². The van der Waals surface area contributed by atoms with Gasteiger partial charge in [0.1, 0.15) is 0 Å². The summed E-state index contributed by atoms with van der Waals surface area (Å²) in [5.41, 5.74) is 7.48. The monoisotopic (exact) mass is 359 g/mol. The van der Waals surface area contributed by atoms with Gasteiger partial charge in [-0.15, -0.1) is 0 Å². The van der Waals surface area contributed by atoms with Gasteiger partial charge in [0.2, 0.25) is 0 Å². The number of anilines is 1. The Hall–Kier alpha value is -1.65. The second kappa shape index (κ2) is 6.00. The van der Waals surface area contributed by atoms with Gasteiger partial charge in [-0.1, -0.05) is 42.5 Å². The van der Waals surface area contributed by atoms with Gasteiger partial charge in [-0.25, -0.2) is 0 Å². The van der Waals surface area contributed by atoms with Gasteiger partial charge in [-0.2, -0.15) is 0 Å². The summed E-state index contributed by atoms with van der Waals surface area (Å²) in [5.74, 6) is 0.490. The van der Waals surface area contributed by atoms with E-state index in [-0.39, 0.29) is 0 Å². The summed E-state index contributed by atoms with van der Waals surface area (Å²) in [4.78, 5) is 0.775. The molecule has 0 fully saturated rings. The first-order valence-electron chi connectivity index (χ1n) is 6.55. The smallest absolute Gasteiger partial charge is 0.0585 e. The SMILES string of the molecule is Nc1ccc(S(=O)Cc2cccc3ccccc23)c(Br)c1. The van der Waals surface area contributed by atoms with Crippen molar-refractivity contribution in [2.75, 3.05) is 5.73 Å². The Morgan fingerprint density at radius 1 is 1.00 bits per heavy atom. The average molecular weight is 360 g/mol. The van der Waals surface area contributed by atoms with Gasteiger partial charge in [0, 0.05) is 10.2 Å². The first kappa shape index (κ1) is 14.3. The summed E-state index contributed by atoms with van der Waals surface area (Å²) in [6.07, 6.45) is 0. The van der Waals surface area contributed by atoms with Crippen LogP contribution in [0.3, 0.4) is 0 Å². The van der Waals surface area contributed by atoms with E-state index in [4.69, 9.17) is 5.73 Å². The van der Waals surface area contributed by atoms with Gasteiger partial charge in [0.05, 0.1) is 21.4 Å². The van der Waals surface area contributed by atoms with E-state index in [0.29, 0.717) is 11.4 Å². The zero-order valence-electron chi connectivity index (χ0n) is 11.3. The summed E-state index contributed by atoms with van der Waals surface area (Å²) >= 11 is 3.44. The minimum Gasteiger partial charge on any atom is -0.399 e. The first-order valence-corrected chi connectivity index (χ1v) is 8.66. The van der Waals surface area contributed by atoms with Crippen LogP contribution in [0.25, 0.3) is 10.8 Å². The number of halogens is 1. The van der Waals surface area contributed by atoms with Gasteiger partial charge in [0.25, 0.3) is 0 Å². The molecule has 4 heteroatoms. The maximum atomic E-state index is 12.6. The van der Waals surface area contributed by atoms with E-state index in [0.717, 1.165) is 20.3 Å². The molecule has 0 aromatic heterocycles. The molecule has 2 N–H and O–H groups in total. The van der Waals surface area contributed by atoms with Crippen molar-refractivity contribution >= 4 is 43.2 Å². The Labute approximate surface area is 134 Å². The highest BCUT2D eigenvalue weighted by atomic mass is 79.9. The summed E-state index contributed by atoms with van der Waals surface area (Å²) < 4.78 is 13.4. The quantitative estimate of drug-likeness (QED) is 0.700. The molecule has 3 rings (SSSR count). The van der Waals surface area contributed by atoms with Crippen molar-refractivity contribution in [2.45, 2.75) is 10.6 Å². The Morgan fingerprint density at radius 3 is 2.57 bits per heavy atom. The minimum absolute atomic E-state index is 0.490. The van der Waals surface area contributed by atoms with E-state index in [2.05, 4.69) is 34.1 Å². The fourth-order valence-electron chi connectivity index (χ4n) is 2.34. The molecule has 3 aromatic carbocycles. The molecule has 0 aliphatic carbocycles. The standard InChI is InChI=1S/C17H14BrNOS/c18-16-10-14(19)8-9-17(16)21(20)11-13-6-3-5-12-4-1-2-7-15(12)13/h1-10H,11,19H2. The molecule has 106 valence electrons. The normalized spacial score (nSPS) is 12.4. The molecule has 0 spiro atoms. The van der Waals surface area contributed by atoms with Gasteiger partial charge in [-0.3, -0.25) is 4.21 Å². The molecule has 0 aliphatic heterocycles. The van der Waals surface area contributed by atoms with Crippen molar-refractivity contribution < 1.29 is 4.21 Å². The van der Waals surface area contributed by atoms with E-state index < -0.39 is 10.8 Å². The largest absolute Gasteiger partial charge is 0.399 e. The van der Waals surface area contributed by atoms with Crippen LogP contribution in [0.15, 0.2) is 70.0 Å². The van der Waals surface area contributed by atoms with E-state index in [1.165, 1.54) is 5.39 Å². The number of nitrogen functional groups attached to an aromatic ring is 1. The fourth-order valence-corrected chi connectivity index (χ4v) is 4.46. The second-order valence-corrected chi connectivity index (χ2v) is 7.09. The molecule has 0 bridgehead atoms. The van der Waals surface area contributed by atoms with Gasteiger partial charge in [-0.05, 0) is 50.5 Å². The molecule has 0 saturated heterocycles. The lowest BCUT2D eigenvalue weighted by Crippen LogP contribution is -1.99. The highest BCUT2D eigenvalue weighted by Gasteiger charge is 2.11. The number of fused-ring (bicyclic) bond motifs is 1. The lowest BCUT2D eigenvalue weighted by Gasteiger charge is -2.08. The Balaban J connectivity index is 1.97. The summed E-state index contributed by atoms with van der Waals surface area (Å²) in [6, 6.07) is 19.7. The maximum Gasteiger partial charge on any atom is 0.0585 e. The highest BCUT2D eigenvalue weighted by Crippen LogP contribution is 2.26. The second-order valence-electron chi connectivity index (χ2n) is 4.82.